The molecule has 0 aliphatic heterocycles. The summed E-state index contributed by atoms with van der Waals surface area (Å²) in [5.41, 5.74) is -1.17. The van der Waals surface area contributed by atoms with Crippen LogP contribution >= 0.6 is 0 Å². The van der Waals surface area contributed by atoms with E-state index in [4.69, 9.17) is 0 Å². The number of likely N-dealkylation sites (N-methyl/N-ethyl adjacent to an activating group) is 1. The van der Waals surface area contributed by atoms with Crippen LogP contribution in [-0.2, 0) is 27.5 Å². The highest BCUT2D eigenvalue weighted by Crippen LogP contribution is 2.30. The van der Waals surface area contributed by atoms with Gasteiger partial charge >= 0.3 is 12.5 Å². The molecule has 0 aromatic heterocycles. The van der Waals surface area contributed by atoms with Crippen LogP contribution in [0.3, 0.4) is 0 Å². The van der Waals surface area contributed by atoms with Gasteiger partial charge in [0.25, 0.3) is 0 Å². The highest BCUT2D eigenvalue weighted by Gasteiger charge is 2.33. The Morgan fingerprint density at radius 2 is 1.68 bits per heavy atom. The van der Waals surface area contributed by atoms with Gasteiger partial charge in [0.05, 0.1) is 17.0 Å². The van der Waals surface area contributed by atoms with Gasteiger partial charge in [-0.3, -0.25) is 4.79 Å². The average Bonchev–Trinajstić information content (AvgIpc) is 2.66. The lowest BCUT2D eigenvalue weighted by Gasteiger charge is -2.20. The summed E-state index contributed by atoms with van der Waals surface area (Å²) in [5, 5.41) is 0. The number of benzene rings is 2. The first-order valence-electron chi connectivity index (χ1n) is 8.43. The maximum Gasteiger partial charge on any atom is 0.573 e. The van der Waals surface area contributed by atoms with E-state index >= 15 is 0 Å². The van der Waals surface area contributed by atoms with E-state index in [9.17, 15) is 39.6 Å². The van der Waals surface area contributed by atoms with E-state index in [1.807, 2.05) is 4.72 Å². The summed E-state index contributed by atoms with van der Waals surface area (Å²) < 4.78 is 106. The molecule has 31 heavy (non-hydrogen) atoms. The molecule has 2 rings (SSSR count). The highest BCUT2D eigenvalue weighted by atomic mass is 32.2. The molecule has 0 aliphatic rings. The number of alkyl halides is 6. The lowest BCUT2D eigenvalue weighted by atomic mass is 10.2. The number of rotatable bonds is 7. The number of carbonyl (C=O) groups excluding carboxylic acids is 1. The van der Waals surface area contributed by atoms with Crippen molar-refractivity contribution in [2.45, 2.75) is 24.0 Å². The molecule has 6 nitrogen and oxygen atoms in total. The third-order valence-corrected chi connectivity index (χ3v) is 5.32. The van der Waals surface area contributed by atoms with Crippen molar-refractivity contribution in [2.24, 2.45) is 0 Å². The molecule has 0 unspecified atom stereocenters. The Kier molecular flexibility index (Phi) is 7.21. The molecule has 2 aromatic carbocycles. The molecule has 0 spiro atoms. The van der Waals surface area contributed by atoms with Gasteiger partial charge in [-0.1, -0.05) is 24.3 Å². The number of hydrogen-bond donors (Lipinski definition) is 1. The molecule has 0 bridgehead atoms. The maximum atomic E-state index is 12.8. The number of nitrogens with zero attached hydrogens (tertiary/aromatic N) is 1. The standard InChI is InChI=1S/C18H16F6N2O4S/c1-26(11-12-5-2-3-8-15(12)30-18(22,23)24)16(27)10-25-31(28,29)14-7-4-6-13(9-14)17(19,20)21/h2-9,25H,10-11H2,1H3. The number of amides is 1. The molecule has 2 aromatic rings. The van der Waals surface area contributed by atoms with Crippen LogP contribution in [-0.4, -0.2) is 39.2 Å². The zero-order chi connectivity index (χ0) is 23.4. The molecule has 1 amide bonds. The van der Waals surface area contributed by atoms with Crippen molar-refractivity contribution in [1.29, 1.82) is 0 Å². The predicted molar refractivity (Wildman–Crippen MR) is 96.2 cm³/mol. The van der Waals surface area contributed by atoms with Gasteiger partial charge in [-0.15, -0.1) is 13.2 Å². The second-order valence-corrected chi connectivity index (χ2v) is 8.02. The van der Waals surface area contributed by atoms with E-state index in [1.165, 1.54) is 25.2 Å². The number of nitrogens with one attached hydrogen (secondary N) is 1. The number of halogens is 6. The summed E-state index contributed by atoms with van der Waals surface area (Å²) in [6.45, 7) is -1.16. The van der Waals surface area contributed by atoms with Crippen LogP contribution in [0.5, 0.6) is 5.75 Å². The van der Waals surface area contributed by atoms with Crippen LogP contribution in [0.15, 0.2) is 53.4 Å². The minimum Gasteiger partial charge on any atom is -0.405 e. The number of sulfonamides is 1. The quantitative estimate of drug-likeness (QED) is 0.629. The van der Waals surface area contributed by atoms with E-state index in [0.29, 0.717) is 12.1 Å². The Balaban J connectivity index is 2.06. The molecule has 0 radical (unpaired) electrons. The highest BCUT2D eigenvalue weighted by molar-refractivity contribution is 7.89. The fourth-order valence-corrected chi connectivity index (χ4v) is 3.44. The second kappa shape index (κ2) is 9.14. The lowest BCUT2D eigenvalue weighted by Crippen LogP contribution is -2.38. The van der Waals surface area contributed by atoms with Crippen molar-refractivity contribution >= 4 is 15.9 Å². The third kappa shape index (κ3) is 7.14. The summed E-state index contributed by atoms with van der Waals surface area (Å²) in [7, 11) is -3.23. The topological polar surface area (TPSA) is 75.7 Å². The summed E-state index contributed by atoms with van der Waals surface area (Å²) in [6.07, 6.45) is -9.70. The summed E-state index contributed by atoms with van der Waals surface area (Å²) in [4.78, 5) is 12.4. The van der Waals surface area contributed by atoms with Gasteiger partial charge in [-0.2, -0.15) is 13.2 Å². The van der Waals surface area contributed by atoms with E-state index in [-0.39, 0.29) is 12.1 Å². The lowest BCUT2D eigenvalue weighted by molar-refractivity contribution is -0.275. The molecule has 0 aliphatic carbocycles. The van der Waals surface area contributed by atoms with Gasteiger partial charge in [-0.25, -0.2) is 13.1 Å². The first kappa shape index (κ1) is 24.5. The Bertz CT molecular complexity index is 1040. The summed E-state index contributed by atoms with van der Waals surface area (Å²) in [5.74, 6) is -1.36. The number of hydrogen-bond acceptors (Lipinski definition) is 4. The molecule has 1 N–H and O–H groups in total. The van der Waals surface area contributed by atoms with Crippen molar-refractivity contribution in [2.75, 3.05) is 13.6 Å². The first-order chi connectivity index (χ1) is 14.2. The predicted octanol–water partition coefficient (Wildman–Crippen LogP) is 3.54. The molecule has 0 saturated carbocycles. The van der Waals surface area contributed by atoms with Crippen LogP contribution in [0.25, 0.3) is 0 Å². The molecule has 170 valence electrons. The normalized spacial score (nSPS) is 12.5. The molecular weight excluding hydrogens is 454 g/mol. The monoisotopic (exact) mass is 470 g/mol. The zero-order valence-corrected chi connectivity index (χ0v) is 16.6. The summed E-state index contributed by atoms with van der Waals surface area (Å²) >= 11 is 0. The van der Waals surface area contributed by atoms with Crippen LogP contribution in [0.1, 0.15) is 11.1 Å². The molecule has 0 saturated heterocycles. The van der Waals surface area contributed by atoms with Gasteiger partial charge in [0.1, 0.15) is 5.75 Å². The molecule has 0 atom stereocenters. The summed E-state index contributed by atoms with van der Waals surface area (Å²) in [6, 6.07) is 8.01. The SMILES string of the molecule is CN(Cc1ccccc1OC(F)(F)F)C(=O)CNS(=O)(=O)c1cccc(C(F)(F)F)c1. The largest absolute Gasteiger partial charge is 0.573 e. The van der Waals surface area contributed by atoms with E-state index in [0.717, 1.165) is 23.1 Å². The van der Waals surface area contributed by atoms with Crippen molar-refractivity contribution in [1.82, 2.24) is 9.62 Å². The van der Waals surface area contributed by atoms with Crippen molar-refractivity contribution in [3.63, 3.8) is 0 Å². The zero-order valence-electron chi connectivity index (χ0n) is 15.8. The third-order valence-electron chi connectivity index (χ3n) is 3.92. The molecule has 0 heterocycles. The average molecular weight is 470 g/mol. The van der Waals surface area contributed by atoms with Gasteiger partial charge in [-0.05, 0) is 24.3 Å². The molecule has 0 fully saturated rings. The van der Waals surface area contributed by atoms with Crippen LogP contribution in [0, 0.1) is 0 Å². The molecule has 13 heteroatoms. The Morgan fingerprint density at radius 3 is 2.29 bits per heavy atom. The Labute approximate surface area is 173 Å². The molecular formula is C18H16F6N2O4S. The number of para-hydroxylation sites is 1. The first-order valence-corrected chi connectivity index (χ1v) is 9.92. The fraction of sp³-hybridized carbons (Fsp3) is 0.278. The van der Waals surface area contributed by atoms with Crippen molar-refractivity contribution < 1.29 is 44.3 Å². The van der Waals surface area contributed by atoms with Gasteiger partial charge in [0, 0.05) is 19.2 Å². The maximum absolute atomic E-state index is 12.8. The Hall–Kier alpha value is -2.80. The van der Waals surface area contributed by atoms with Crippen molar-refractivity contribution in [3.8, 4) is 5.75 Å². The van der Waals surface area contributed by atoms with Crippen LogP contribution in [0.2, 0.25) is 0 Å². The second-order valence-electron chi connectivity index (χ2n) is 6.26. The number of ether oxygens (including phenoxy) is 1. The van der Waals surface area contributed by atoms with Gasteiger partial charge in [0.15, 0.2) is 0 Å². The number of carbonyl (C=O) groups is 1. The van der Waals surface area contributed by atoms with Gasteiger partial charge < -0.3 is 9.64 Å². The smallest absolute Gasteiger partial charge is 0.405 e. The minimum atomic E-state index is -4.95. The van der Waals surface area contributed by atoms with E-state index in [2.05, 4.69) is 4.74 Å². The minimum absolute atomic E-state index is 0.0106. The van der Waals surface area contributed by atoms with Gasteiger partial charge in [0.2, 0.25) is 15.9 Å². The fourth-order valence-electron chi connectivity index (χ4n) is 2.42. The Morgan fingerprint density at radius 1 is 1.03 bits per heavy atom. The van der Waals surface area contributed by atoms with E-state index in [1.54, 1.807) is 0 Å². The van der Waals surface area contributed by atoms with Crippen LogP contribution < -0.4 is 9.46 Å². The van der Waals surface area contributed by atoms with E-state index < -0.39 is 51.2 Å². The van der Waals surface area contributed by atoms with Crippen LogP contribution in [0.4, 0.5) is 26.3 Å². The van der Waals surface area contributed by atoms with Crippen molar-refractivity contribution in [3.05, 3.63) is 59.7 Å².